The van der Waals surface area contributed by atoms with Crippen LogP contribution in [0.1, 0.15) is 326 Å². The van der Waals surface area contributed by atoms with E-state index >= 15 is 0 Å². The largest absolute Gasteiger partial charge is 0.494 e. The average molecular weight is 1690 g/mol. The summed E-state index contributed by atoms with van der Waals surface area (Å²) in [4.78, 5) is 6.34. The number of benzene rings is 8. The van der Waals surface area contributed by atoms with Gasteiger partial charge in [-0.3, -0.25) is 0 Å². The van der Waals surface area contributed by atoms with Crippen LogP contribution in [-0.2, 0) is 43.3 Å². The van der Waals surface area contributed by atoms with E-state index in [0.29, 0.717) is 24.9 Å². The van der Waals surface area contributed by atoms with Gasteiger partial charge in [-0.15, -0.1) is 0 Å². The molecule has 3 fully saturated rings. The van der Waals surface area contributed by atoms with Crippen molar-refractivity contribution in [1.29, 1.82) is 0 Å². The second-order valence-electron chi connectivity index (χ2n) is 42.2. The SMILES string of the molecule is CC(C)(C)c1ccccc1OC1CCCC1.CCOc1cc(C)ccc1C(C)(C)C.CCOc1cc(C)ccc1C(C)(C)C.CCOc1cc(C)ccc1C(C)(C)C.CCOc1cc(N(C)C)ccc1C(C)(C)C.CCOc1ccccc1C(C)(C)C.CN(C)c1ccc(C(C)(C)C)c(OC2CC2)c1.CN(C)c1ccc(C(C)(C)C)c(OC2CCCC2)c1. The average Bonchev–Trinajstić information content (AvgIpc) is 1.80. The minimum atomic E-state index is 0.120. The lowest BCUT2D eigenvalue weighted by Crippen LogP contribution is -2.19. The molecule has 0 aromatic heterocycles. The van der Waals surface area contributed by atoms with Crippen LogP contribution in [-0.4, -0.2) is 93.6 Å². The van der Waals surface area contributed by atoms with E-state index in [-0.39, 0.29) is 43.3 Å². The number of aryl methyl sites for hydroxylation is 3. The topological polar surface area (TPSA) is 83.6 Å². The Morgan fingerprint density at radius 2 is 0.423 bits per heavy atom. The highest BCUT2D eigenvalue weighted by molar-refractivity contribution is 5.57. The van der Waals surface area contributed by atoms with Gasteiger partial charge in [0.25, 0.3) is 0 Å². The lowest BCUT2D eigenvalue weighted by Gasteiger charge is -2.26. The normalized spacial score (nSPS) is 13.7. The van der Waals surface area contributed by atoms with Crippen molar-refractivity contribution < 1.29 is 37.9 Å². The third kappa shape index (κ3) is 37.0. The monoisotopic (exact) mass is 1690 g/mol. The van der Waals surface area contributed by atoms with Crippen LogP contribution in [0.15, 0.2) is 158 Å². The van der Waals surface area contributed by atoms with Crippen LogP contribution in [0, 0.1) is 20.8 Å². The Hall–Kier alpha value is -8.44. The molecule has 11 heteroatoms. The smallest absolute Gasteiger partial charge is 0.125 e. The molecule has 684 valence electrons. The molecule has 11 nitrogen and oxygen atoms in total. The van der Waals surface area contributed by atoms with Crippen molar-refractivity contribution in [2.45, 2.75) is 347 Å². The zero-order chi connectivity index (χ0) is 92.8. The van der Waals surface area contributed by atoms with Gasteiger partial charge in [0.05, 0.1) is 51.3 Å². The van der Waals surface area contributed by atoms with Crippen LogP contribution in [0.2, 0.25) is 0 Å². The summed E-state index contributed by atoms with van der Waals surface area (Å²) in [5.41, 5.74) is 18.8. The number of rotatable bonds is 19. The lowest BCUT2D eigenvalue weighted by molar-refractivity contribution is 0.205. The number of ether oxygens (including phenoxy) is 8. The summed E-state index contributed by atoms with van der Waals surface area (Å²) in [5.74, 6) is 8.32. The van der Waals surface area contributed by atoms with Gasteiger partial charge >= 0.3 is 0 Å². The molecule has 0 saturated heterocycles. The molecule has 0 spiro atoms. The first-order chi connectivity index (χ1) is 57.1. The number of nitrogens with zero attached hydrogens (tertiary/aromatic N) is 3. The molecule has 0 aliphatic heterocycles. The zero-order valence-electron chi connectivity index (χ0n) is 85.0. The molecule has 8 aromatic rings. The summed E-state index contributed by atoms with van der Waals surface area (Å²) in [5, 5.41) is 0. The third-order valence-electron chi connectivity index (χ3n) is 21.6. The summed E-state index contributed by atoms with van der Waals surface area (Å²) in [6.45, 7) is 73.3. The quantitative estimate of drug-likeness (QED) is 0.0776. The predicted octanol–water partition coefficient (Wildman–Crippen LogP) is 30.2. The van der Waals surface area contributed by atoms with E-state index in [1.165, 1.54) is 142 Å². The van der Waals surface area contributed by atoms with Gasteiger partial charge in [-0.2, -0.15) is 0 Å². The molecule has 123 heavy (non-hydrogen) atoms. The Morgan fingerprint density at radius 3 is 0.675 bits per heavy atom. The van der Waals surface area contributed by atoms with Crippen LogP contribution < -0.4 is 52.6 Å². The Morgan fingerprint density at radius 1 is 0.228 bits per heavy atom. The van der Waals surface area contributed by atoms with Gasteiger partial charge in [0.15, 0.2) is 0 Å². The number of anilines is 3. The van der Waals surface area contributed by atoms with Crippen molar-refractivity contribution in [3.05, 3.63) is 219 Å². The van der Waals surface area contributed by atoms with Gasteiger partial charge in [0.1, 0.15) is 46.0 Å². The minimum Gasteiger partial charge on any atom is -0.494 e. The highest BCUT2D eigenvalue weighted by Gasteiger charge is 2.30. The summed E-state index contributed by atoms with van der Waals surface area (Å²) in [6, 6.07) is 55.5. The van der Waals surface area contributed by atoms with Crippen molar-refractivity contribution >= 4 is 17.1 Å². The first-order valence-corrected chi connectivity index (χ1v) is 46.2. The van der Waals surface area contributed by atoms with Gasteiger partial charge in [-0.1, -0.05) is 257 Å². The molecular weight excluding hydrogens is 1520 g/mol. The van der Waals surface area contributed by atoms with Gasteiger partial charge in [-0.25, -0.2) is 0 Å². The van der Waals surface area contributed by atoms with Crippen molar-refractivity contribution in [3.8, 4) is 46.0 Å². The maximum absolute atomic E-state index is 6.30. The Bertz CT molecular complexity index is 4240. The molecule has 3 saturated carbocycles. The maximum Gasteiger partial charge on any atom is 0.125 e. The molecule has 0 amide bonds. The molecule has 3 aliphatic rings. The van der Waals surface area contributed by atoms with Crippen molar-refractivity contribution in [3.63, 3.8) is 0 Å². The van der Waals surface area contributed by atoms with Gasteiger partial charge in [0.2, 0.25) is 0 Å². The second kappa shape index (κ2) is 48.3. The molecule has 0 unspecified atom stereocenters. The van der Waals surface area contributed by atoms with Crippen molar-refractivity contribution in [2.24, 2.45) is 0 Å². The van der Waals surface area contributed by atoms with E-state index in [0.717, 1.165) is 72.4 Å². The van der Waals surface area contributed by atoms with Crippen LogP contribution in [0.4, 0.5) is 17.1 Å². The fraction of sp³-hybridized carbons (Fsp3) is 0.571. The highest BCUT2D eigenvalue weighted by atomic mass is 16.5. The van der Waals surface area contributed by atoms with Crippen LogP contribution >= 0.6 is 0 Å². The fourth-order valence-corrected chi connectivity index (χ4v) is 14.6. The molecule has 3 aliphatic carbocycles. The third-order valence-corrected chi connectivity index (χ3v) is 21.6. The fourth-order valence-electron chi connectivity index (χ4n) is 14.6. The van der Waals surface area contributed by atoms with Crippen LogP contribution in [0.25, 0.3) is 0 Å². The molecule has 0 bridgehead atoms. The Kier molecular flexibility index (Phi) is 42.0. The first-order valence-electron chi connectivity index (χ1n) is 46.2. The molecule has 0 radical (unpaired) electrons. The summed E-state index contributed by atoms with van der Waals surface area (Å²) in [7, 11) is 12.4. The Balaban J connectivity index is 0.000000296. The predicted molar refractivity (Wildman–Crippen MR) is 534 cm³/mol. The van der Waals surface area contributed by atoms with Gasteiger partial charge < -0.3 is 52.6 Å². The number of hydrogen-bond donors (Lipinski definition) is 0. The number of hydrogen-bond acceptors (Lipinski definition) is 11. The van der Waals surface area contributed by atoms with Gasteiger partial charge in [-0.05, 0) is 273 Å². The van der Waals surface area contributed by atoms with E-state index in [4.69, 9.17) is 37.9 Å². The van der Waals surface area contributed by atoms with Crippen molar-refractivity contribution in [2.75, 3.05) is 90.0 Å². The molecule has 0 N–H and O–H groups in total. The number of para-hydroxylation sites is 2. The maximum atomic E-state index is 6.30. The zero-order valence-corrected chi connectivity index (χ0v) is 85.0. The molecule has 8 aromatic carbocycles. The van der Waals surface area contributed by atoms with E-state index < -0.39 is 0 Å². The molecule has 0 heterocycles. The van der Waals surface area contributed by atoms with E-state index in [2.05, 4.69) is 375 Å². The first kappa shape index (κ1) is 107. The van der Waals surface area contributed by atoms with E-state index in [1.807, 2.05) is 60.8 Å². The van der Waals surface area contributed by atoms with Gasteiger partial charge in [0, 0.05) is 77.5 Å². The lowest BCUT2D eigenvalue weighted by atomic mass is 9.86. The Labute approximate surface area is 752 Å². The molecule has 11 rings (SSSR count). The highest BCUT2D eigenvalue weighted by Crippen LogP contribution is 2.42. The standard InChI is InChI=1S/C17H27NO.C15H23NO.C15H22O.C14H23NO.3C13H20O.C12H18O/c1-17(2,3)15-11-10-13(18(4)5)12-16(15)19-14-8-6-7-9-14;1-15(2,3)13-9-6-11(16(4)5)10-14(13)17-12-7-8-12;1-15(2,3)13-10-6-7-11-14(13)16-12-8-4-5-9-12;1-7-16-13-10-11(15(5)6)8-9-12(13)14(2,3)4;3*1-6-14-12-9-10(2)7-8-11(12)13(3,4)5;1-5-13-11-9-7-6-8-10(11)12(2,3)4/h10-12,14H,6-9H2,1-5H3;6,9-10,12H,7-8H2,1-5H3;6-7,10-12H,4-5,8-9H2,1-3H3;8-10H,7H2,1-6H3;3*7-9H,6H2,1-5H3;6-9H,5H2,1-4H3. The molecular formula is C112H173N3O8. The second-order valence-corrected chi connectivity index (χ2v) is 42.2. The van der Waals surface area contributed by atoms with E-state index in [1.54, 1.807) is 0 Å². The summed E-state index contributed by atoms with van der Waals surface area (Å²) < 4.78 is 46.7. The van der Waals surface area contributed by atoms with Crippen molar-refractivity contribution in [1.82, 2.24) is 0 Å². The van der Waals surface area contributed by atoms with Crippen LogP contribution in [0.3, 0.4) is 0 Å². The summed E-state index contributed by atoms with van der Waals surface area (Å²) in [6.07, 6.45) is 13.8. The molecule has 0 atom stereocenters. The summed E-state index contributed by atoms with van der Waals surface area (Å²) >= 11 is 0. The van der Waals surface area contributed by atoms with E-state index in [9.17, 15) is 0 Å². The van der Waals surface area contributed by atoms with Crippen LogP contribution in [0.5, 0.6) is 46.0 Å². The minimum absolute atomic E-state index is 0.120.